The van der Waals surface area contributed by atoms with Crippen LogP contribution in [0.25, 0.3) is 0 Å². The number of hydrogen-bond donors (Lipinski definition) is 0. The van der Waals surface area contributed by atoms with Crippen molar-refractivity contribution in [1.82, 2.24) is 0 Å². The number of ketones is 2. The monoisotopic (exact) mass is 436 g/mol. The number of hydrogen-bond acceptors (Lipinski definition) is 6. The zero-order valence-corrected chi connectivity index (χ0v) is 21.5. The van der Waals surface area contributed by atoms with Crippen LogP contribution in [-0.4, -0.2) is 66.4 Å². The fraction of sp³-hybridized carbons (Fsp3) is 0.917. The second-order valence-corrected chi connectivity index (χ2v) is 7.50. The van der Waals surface area contributed by atoms with Crippen molar-refractivity contribution >= 4 is 11.6 Å². The smallest absolute Gasteiger partial charge is 0.129 e. The Hall–Kier alpha value is -0.820. The average molecular weight is 437 g/mol. The summed E-state index contributed by atoms with van der Waals surface area (Å²) in [5.74, 6) is 1.23. The van der Waals surface area contributed by atoms with E-state index in [-0.39, 0.29) is 11.6 Å². The van der Waals surface area contributed by atoms with Gasteiger partial charge in [-0.1, -0.05) is 27.2 Å². The molecule has 0 aromatic carbocycles. The summed E-state index contributed by atoms with van der Waals surface area (Å²) in [7, 11) is 6.81. The van der Waals surface area contributed by atoms with Gasteiger partial charge in [0.05, 0.1) is 0 Å². The normalized spacial score (nSPS) is 9.53. The molecule has 6 heteroatoms. The van der Waals surface area contributed by atoms with Crippen LogP contribution < -0.4 is 0 Å². The minimum Gasteiger partial charge on any atom is -0.385 e. The van der Waals surface area contributed by atoms with E-state index in [0.29, 0.717) is 12.3 Å². The molecule has 0 saturated carbocycles. The van der Waals surface area contributed by atoms with Crippen LogP contribution in [0.4, 0.5) is 0 Å². The Bertz CT molecular complexity index is 317. The molecule has 184 valence electrons. The molecule has 0 atom stereocenters. The number of carbonyl (C=O) groups excluding carboxylic acids is 2. The summed E-state index contributed by atoms with van der Waals surface area (Å²) in [6.45, 7) is 12.9. The lowest BCUT2D eigenvalue weighted by atomic mass is 10.1. The summed E-state index contributed by atoms with van der Waals surface area (Å²) >= 11 is 0. The van der Waals surface area contributed by atoms with Crippen LogP contribution in [0.2, 0.25) is 0 Å². The first kappa shape index (κ1) is 36.5. The van der Waals surface area contributed by atoms with Crippen LogP contribution in [0.3, 0.4) is 0 Å². The van der Waals surface area contributed by atoms with E-state index < -0.39 is 0 Å². The molecule has 0 aromatic heterocycles. The summed E-state index contributed by atoms with van der Waals surface area (Å²) in [5.41, 5.74) is 0. The maximum atomic E-state index is 10.4. The molecule has 0 fully saturated rings. The third-order valence-corrected chi connectivity index (χ3v) is 3.41. The maximum Gasteiger partial charge on any atom is 0.129 e. The van der Waals surface area contributed by atoms with Gasteiger partial charge in [-0.05, 0) is 51.9 Å². The van der Waals surface area contributed by atoms with E-state index in [4.69, 9.17) is 18.9 Å². The van der Waals surface area contributed by atoms with Gasteiger partial charge in [0.15, 0.2) is 0 Å². The highest BCUT2D eigenvalue weighted by Gasteiger charge is 1.92. The lowest BCUT2D eigenvalue weighted by molar-refractivity contribution is -0.118. The average Bonchev–Trinajstić information content (AvgIpc) is 2.67. The van der Waals surface area contributed by atoms with E-state index in [1.165, 1.54) is 0 Å². The molecule has 6 nitrogen and oxygen atoms in total. The van der Waals surface area contributed by atoms with Crippen molar-refractivity contribution < 1.29 is 28.5 Å². The van der Waals surface area contributed by atoms with Crippen LogP contribution in [0.15, 0.2) is 0 Å². The van der Waals surface area contributed by atoms with Gasteiger partial charge in [0.2, 0.25) is 0 Å². The van der Waals surface area contributed by atoms with E-state index >= 15 is 0 Å². The van der Waals surface area contributed by atoms with Crippen LogP contribution in [0.5, 0.6) is 0 Å². The summed E-state index contributed by atoms with van der Waals surface area (Å²) in [4.78, 5) is 20.8. The van der Waals surface area contributed by atoms with Gasteiger partial charge in [0.1, 0.15) is 11.6 Å². The maximum absolute atomic E-state index is 10.4. The fourth-order valence-electron chi connectivity index (χ4n) is 1.95. The molecule has 0 spiro atoms. The SMILES string of the molecule is CCCOC.COCC(C)C.COCCCCC(C)=O.COCCCCCC(C)=O. The number of methoxy groups -OCH3 is 4. The van der Waals surface area contributed by atoms with Crippen molar-refractivity contribution in [3.05, 3.63) is 0 Å². The third kappa shape index (κ3) is 63.1. The van der Waals surface area contributed by atoms with Crippen molar-refractivity contribution in [2.45, 2.75) is 86.0 Å². The van der Waals surface area contributed by atoms with Gasteiger partial charge in [0, 0.05) is 67.7 Å². The fourth-order valence-corrected chi connectivity index (χ4v) is 1.95. The highest BCUT2D eigenvalue weighted by Crippen LogP contribution is 1.99. The summed E-state index contributed by atoms with van der Waals surface area (Å²) in [6.07, 6.45) is 7.69. The molecule has 0 aliphatic carbocycles. The van der Waals surface area contributed by atoms with Crippen molar-refractivity contribution in [3.63, 3.8) is 0 Å². The molecule has 0 aliphatic rings. The van der Waals surface area contributed by atoms with Crippen molar-refractivity contribution in [1.29, 1.82) is 0 Å². The van der Waals surface area contributed by atoms with Gasteiger partial charge >= 0.3 is 0 Å². The van der Waals surface area contributed by atoms with Gasteiger partial charge < -0.3 is 28.5 Å². The standard InChI is InChI=1S/C8H16O2.C7H14O2.C5H12O.C4H10O/c1-8(9)6-4-3-5-7-10-2;1-7(8)5-3-4-6-9-2;1-5(2)4-6-3;1-3-4-5-2/h3-7H2,1-2H3;3-6H2,1-2H3;5H,4H2,1-3H3;3-4H2,1-2H3. The highest BCUT2D eigenvalue weighted by molar-refractivity contribution is 5.75. The lowest BCUT2D eigenvalue weighted by Gasteiger charge is -1.97. The molecule has 0 aromatic rings. The first-order valence-electron chi connectivity index (χ1n) is 11.2. The highest BCUT2D eigenvalue weighted by atomic mass is 16.5. The number of Topliss-reactive ketones (excluding diaryl/α,β-unsaturated/α-hetero) is 2. The zero-order valence-electron chi connectivity index (χ0n) is 21.5. The minimum absolute atomic E-state index is 0.270. The topological polar surface area (TPSA) is 71.1 Å². The van der Waals surface area contributed by atoms with Gasteiger partial charge in [0.25, 0.3) is 0 Å². The van der Waals surface area contributed by atoms with Crippen LogP contribution in [-0.2, 0) is 28.5 Å². The summed E-state index contributed by atoms with van der Waals surface area (Å²) in [5, 5.41) is 0. The van der Waals surface area contributed by atoms with Gasteiger partial charge in [-0.15, -0.1) is 0 Å². The number of ether oxygens (including phenoxy) is 4. The van der Waals surface area contributed by atoms with Crippen LogP contribution in [0, 0.1) is 5.92 Å². The van der Waals surface area contributed by atoms with Crippen molar-refractivity contribution in [3.8, 4) is 0 Å². The second kappa shape index (κ2) is 35.6. The summed E-state index contributed by atoms with van der Waals surface area (Å²) < 4.78 is 19.2. The Labute approximate surface area is 187 Å². The Kier molecular flexibility index (Phi) is 43.4. The molecule has 30 heavy (non-hydrogen) atoms. The molecule has 0 radical (unpaired) electrons. The Balaban J connectivity index is -0.000000156. The quantitative estimate of drug-likeness (QED) is 0.315. The minimum atomic E-state index is 0.270. The lowest BCUT2D eigenvalue weighted by Crippen LogP contribution is -1.96. The molecule has 0 N–H and O–H groups in total. The predicted molar refractivity (Wildman–Crippen MR) is 126 cm³/mol. The Morgan fingerprint density at radius 2 is 1.03 bits per heavy atom. The molecule has 0 bridgehead atoms. The van der Waals surface area contributed by atoms with Gasteiger partial charge in [-0.3, -0.25) is 0 Å². The first-order chi connectivity index (χ1) is 14.2. The van der Waals surface area contributed by atoms with Crippen LogP contribution >= 0.6 is 0 Å². The summed E-state index contributed by atoms with van der Waals surface area (Å²) in [6, 6.07) is 0. The molecule has 0 unspecified atom stereocenters. The molecule has 0 amide bonds. The van der Waals surface area contributed by atoms with Crippen molar-refractivity contribution in [2.75, 3.05) is 54.9 Å². The van der Waals surface area contributed by atoms with Crippen molar-refractivity contribution in [2.24, 2.45) is 5.92 Å². The van der Waals surface area contributed by atoms with Crippen LogP contribution in [0.1, 0.15) is 86.0 Å². The molecular weight excluding hydrogens is 384 g/mol. The van der Waals surface area contributed by atoms with E-state index in [0.717, 1.165) is 71.4 Å². The second-order valence-electron chi connectivity index (χ2n) is 7.50. The first-order valence-corrected chi connectivity index (χ1v) is 11.2. The largest absolute Gasteiger partial charge is 0.385 e. The number of unbranched alkanes of at least 4 members (excludes halogenated alkanes) is 3. The van der Waals surface area contributed by atoms with E-state index in [9.17, 15) is 9.59 Å². The predicted octanol–water partition coefficient (Wildman–Crippen LogP) is 5.51. The van der Waals surface area contributed by atoms with E-state index in [1.807, 2.05) is 0 Å². The number of carbonyl (C=O) groups is 2. The molecule has 0 rings (SSSR count). The Morgan fingerprint density at radius 3 is 1.27 bits per heavy atom. The molecule has 0 aliphatic heterocycles. The van der Waals surface area contributed by atoms with Gasteiger partial charge in [-0.25, -0.2) is 0 Å². The third-order valence-electron chi connectivity index (χ3n) is 3.41. The van der Waals surface area contributed by atoms with E-state index in [2.05, 4.69) is 20.8 Å². The zero-order chi connectivity index (χ0) is 24.0. The van der Waals surface area contributed by atoms with Gasteiger partial charge in [-0.2, -0.15) is 0 Å². The number of rotatable bonds is 15. The molecule has 0 saturated heterocycles. The Morgan fingerprint density at radius 1 is 0.633 bits per heavy atom. The molecule has 0 heterocycles. The molecular formula is C24H52O6. The van der Waals surface area contributed by atoms with E-state index in [1.54, 1.807) is 42.3 Å².